The molecule has 0 unspecified atom stereocenters. The number of hydrogen-bond donors (Lipinski definition) is 1. The lowest BCUT2D eigenvalue weighted by molar-refractivity contribution is -0.384. The molecular weight excluding hydrogens is 264 g/mol. The Bertz CT molecular complexity index is 705. The second-order valence-electron chi connectivity index (χ2n) is 4.56. The van der Waals surface area contributed by atoms with Crippen molar-refractivity contribution in [2.24, 2.45) is 0 Å². The van der Waals surface area contributed by atoms with Gasteiger partial charge in [0.2, 0.25) is 0 Å². The summed E-state index contributed by atoms with van der Waals surface area (Å²) in [4.78, 5) is 25.3. The van der Waals surface area contributed by atoms with Gasteiger partial charge in [0.1, 0.15) is 5.82 Å². The molecule has 0 bridgehead atoms. The van der Waals surface area contributed by atoms with E-state index in [1.54, 1.807) is 6.07 Å². The summed E-state index contributed by atoms with van der Waals surface area (Å²) in [5.41, 5.74) is 0.373. The van der Waals surface area contributed by atoms with Crippen molar-refractivity contribution in [3.63, 3.8) is 0 Å². The number of nitro benzene ring substituents is 1. The van der Waals surface area contributed by atoms with Crippen LogP contribution in [0.15, 0.2) is 24.3 Å². The number of aromatic nitrogens is 3. The topological polar surface area (TPSA) is 111 Å². The Morgan fingerprint density at radius 3 is 2.80 bits per heavy atom. The monoisotopic (exact) mass is 274 g/mol. The molecule has 1 aliphatic rings. The van der Waals surface area contributed by atoms with Crippen molar-refractivity contribution in [2.45, 2.75) is 18.8 Å². The van der Waals surface area contributed by atoms with Gasteiger partial charge in [-0.2, -0.15) is 0 Å². The number of non-ortho nitro benzene ring substituents is 1. The van der Waals surface area contributed by atoms with Crippen molar-refractivity contribution in [3.8, 4) is 5.69 Å². The van der Waals surface area contributed by atoms with Gasteiger partial charge in [-0.15, -0.1) is 5.10 Å². The number of nitro groups is 1. The predicted molar refractivity (Wildman–Crippen MR) is 66.9 cm³/mol. The summed E-state index contributed by atoms with van der Waals surface area (Å²) in [6.07, 6.45) is 1.85. The van der Waals surface area contributed by atoms with Gasteiger partial charge in [0, 0.05) is 18.1 Å². The van der Waals surface area contributed by atoms with Crippen molar-refractivity contribution in [1.29, 1.82) is 0 Å². The Labute approximate surface area is 112 Å². The second kappa shape index (κ2) is 4.41. The van der Waals surface area contributed by atoms with Gasteiger partial charge in [0.15, 0.2) is 0 Å². The van der Waals surface area contributed by atoms with E-state index >= 15 is 0 Å². The zero-order chi connectivity index (χ0) is 14.3. The van der Waals surface area contributed by atoms with Crippen LogP contribution in [0.1, 0.15) is 35.2 Å². The molecule has 20 heavy (non-hydrogen) atoms. The number of aromatic carboxylic acids is 1. The van der Waals surface area contributed by atoms with Crippen molar-refractivity contribution in [1.82, 2.24) is 14.8 Å². The number of carboxylic acid groups (broad SMARTS) is 1. The third-order valence-corrected chi connectivity index (χ3v) is 3.05. The third-order valence-electron chi connectivity index (χ3n) is 3.05. The summed E-state index contributed by atoms with van der Waals surface area (Å²) in [5, 5.41) is 23.7. The molecule has 1 aromatic heterocycles. The maximum Gasteiger partial charge on any atom is 0.375 e. The molecule has 102 valence electrons. The Hall–Kier alpha value is -2.77. The van der Waals surface area contributed by atoms with E-state index in [1.807, 2.05) is 0 Å². The zero-order valence-corrected chi connectivity index (χ0v) is 10.3. The van der Waals surface area contributed by atoms with E-state index in [4.69, 9.17) is 5.11 Å². The van der Waals surface area contributed by atoms with Gasteiger partial charge in [0.05, 0.1) is 10.6 Å². The molecule has 1 fully saturated rings. The molecule has 2 aromatic rings. The smallest absolute Gasteiger partial charge is 0.375 e. The van der Waals surface area contributed by atoms with Gasteiger partial charge in [-0.25, -0.2) is 14.5 Å². The van der Waals surface area contributed by atoms with Gasteiger partial charge >= 0.3 is 5.97 Å². The minimum absolute atomic E-state index is 0.0726. The van der Waals surface area contributed by atoms with Crippen LogP contribution in [0.4, 0.5) is 5.69 Å². The van der Waals surface area contributed by atoms with Crippen LogP contribution in [-0.2, 0) is 0 Å². The first-order chi connectivity index (χ1) is 9.56. The molecule has 1 heterocycles. The summed E-state index contributed by atoms with van der Waals surface area (Å²) < 4.78 is 1.38. The van der Waals surface area contributed by atoms with Crippen molar-refractivity contribution in [3.05, 3.63) is 46.0 Å². The largest absolute Gasteiger partial charge is 0.475 e. The third kappa shape index (κ3) is 2.11. The molecule has 1 aliphatic carbocycles. The Morgan fingerprint density at radius 2 is 2.20 bits per heavy atom. The molecule has 0 spiro atoms. The van der Waals surface area contributed by atoms with Crippen LogP contribution in [0.3, 0.4) is 0 Å². The summed E-state index contributed by atoms with van der Waals surface area (Å²) in [5.74, 6) is -0.785. The summed E-state index contributed by atoms with van der Waals surface area (Å²) >= 11 is 0. The molecule has 0 aliphatic heterocycles. The number of nitrogens with zero attached hydrogens (tertiary/aromatic N) is 4. The van der Waals surface area contributed by atoms with Crippen molar-refractivity contribution in [2.75, 3.05) is 0 Å². The van der Waals surface area contributed by atoms with Gasteiger partial charge in [-0.05, 0) is 18.9 Å². The van der Waals surface area contributed by atoms with Crippen LogP contribution in [-0.4, -0.2) is 30.8 Å². The SMILES string of the molecule is O=C(O)c1nc(C2CC2)n(-c2cccc([N+](=O)[O-])c2)n1. The first-order valence-electron chi connectivity index (χ1n) is 6.01. The number of rotatable bonds is 4. The Balaban J connectivity index is 2.10. The van der Waals surface area contributed by atoms with Gasteiger partial charge in [-0.1, -0.05) is 6.07 Å². The van der Waals surface area contributed by atoms with Crippen LogP contribution in [0.2, 0.25) is 0 Å². The summed E-state index contributed by atoms with van der Waals surface area (Å²) in [7, 11) is 0. The van der Waals surface area contributed by atoms with E-state index in [0.29, 0.717) is 11.5 Å². The van der Waals surface area contributed by atoms with Crippen LogP contribution in [0.5, 0.6) is 0 Å². The maximum atomic E-state index is 11.0. The lowest BCUT2D eigenvalue weighted by Crippen LogP contribution is -2.03. The lowest BCUT2D eigenvalue weighted by atomic mass is 10.2. The van der Waals surface area contributed by atoms with Gasteiger partial charge in [0.25, 0.3) is 11.5 Å². The molecule has 0 saturated heterocycles. The second-order valence-corrected chi connectivity index (χ2v) is 4.56. The average molecular weight is 274 g/mol. The highest BCUT2D eigenvalue weighted by Gasteiger charge is 2.31. The minimum atomic E-state index is -1.21. The maximum absolute atomic E-state index is 11.0. The molecular formula is C12H10N4O4. The Kier molecular flexibility index (Phi) is 2.70. The molecule has 1 N–H and O–H groups in total. The molecule has 1 saturated carbocycles. The van der Waals surface area contributed by atoms with Gasteiger partial charge in [-0.3, -0.25) is 10.1 Å². The van der Waals surface area contributed by atoms with E-state index in [-0.39, 0.29) is 17.4 Å². The highest BCUT2D eigenvalue weighted by molar-refractivity contribution is 5.83. The number of hydrogen-bond acceptors (Lipinski definition) is 5. The first-order valence-corrected chi connectivity index (χ1v) is 6.01. The average Bonchev–Trinajstić information content (AvgIpc) is 3.17. The van der Waals surface area contributed by atoms with Crippen molar-refractivity contribution >= 4 is 11.7 Å². The van der Waals surface area contributed by atoms with E-state index in [1.165, 1.54) is 22.9 Å². The molecule has 8 nitrogen and oxygen atoms in total. The lowest BCUT2D eigenvalue weighted by Gasteiger charge is -2.04. The predicted octanol–water partition coefficient (Wildman–Crippen LogP) is 1.75. The summed E-state index contributed by atoms with van der Waals surface area (Å²) in [6, 6.07) is 5.90. The molecule has 0 amide bonds. The van der Waals surface area contributed by atoms with E-state index < -0.39 is 10.9 Å². The van der Waals surface area contributed by atoms with Gasteiger partial charge < -0.3 is 5.11 Å². The van der Waals surface area contributed by atoms with E-state index in [2.05, 4.69) is 10.1 Å². The minimum Gasteiger partial charge on any atom is -0.475 e. The molecule has 0 radical (unpaired) electrons. The molecule has 3 rings (SSSR count). The van der Waals surface area contributed by atoms with Crippen LogP contribution in [0.25, 0.3) is 5.69 Å². The zero-order valence-electron chi connectivity index (χ0n) is 10.3. The number of carboxylic acids is 1. The first kappa shape index (κ1) is 12.3. The number of benzene rings is 1. The highest BCUT2D eigenvalue weighted by atomic mass is 16.6. The fraction of sp³-hybridized carbons (Fsp3) is 0.250. The highest BCUT2D eigenvalue weighted by Crippen LogP contribution is 2.39. The molecule has 1 aromatic carbocycles. The fourth-order valence-electron chi connectivity index (χ4n) is 1.95. The van der Waals surface area contributed by atoms with E-state index in [0.717, 1.165) is 12.8 Å². The normalized spacial score (nSPS) is 14.2. The number of carbonyl (C=O) groups is 1. The fourth-order valence-corrected chi connectivity index (χ4v) is 1.95. The van der Waals surface area contributed by atoms with Crippen LogP contribution in [0, 0.1) is 10.1 Å². The van der Waals surface area contributed by atoms with Crippen molar-refractivity contribution < 1.29 is 14.8 Å². The van der Waals surface area contributed by atoms with Crippen LogP contribution < -0.4 is 0 Å². The molecule has 8 heteroatoms. The van der Waals surface area contributed by atoms with Crippen LogP contribution >= 0.6 is 0 Å². The summed E-state index contributed by atoms with van der Waals surface area (Å²) in [6.45, 7) is 0. The quantitative estimate of drug-likeness (QED) is 0.671. The molecule has 0 atom stereocenters. The van der Waals surface area contributed by atoms with E-state index in [9.17, 15) is 14.9 Å². The standard InChI is InChI=1S/C12H10N4O4/c17-12(18)10-13-11(7-4-5-7)15(14-10)8-2-1-3-9(6-8)16(19)20/h1-3,6-7H,4-5H2,(H,17,18). The Morgan fingerprint density at radius 1 is 1.45 bits per heavy atom.